The minimum atomic E-state index is -4.02. The van der Waals surface area contributed by atoms with E-state index in [0.717, 1.165) is 0 Å². The molecule has 0 saturated carbocycles. The molecule has 1 heterocycles. The van der Waals surface area contributed by atoms with E-state index in [1.54, 1.807) is 41.5 Å². The van der Waals surface area contributed by atoms with Crippen LogP contribution in [-0.2, 0) is 14.8 Å². The summed E-state index contributed by atoms with van der Waals surface area (Å²) in [5, 5.41) is 16.3. The third kappa shape index (κ3) is 6.11. The Labute approximate surface area is 194 Å². The number of carboxylic acids is 1. The Balaban J connectivity index is 2.62. The summed E-state index contributed by atoms with van der Waals surface area (Å²) in [5.74, 6) is -1.58. The molecule has 0 aliphatic heterocycles. The number of nitrogens with one attached hydrogen (secondary N) is 2. The number of anilines is 1. The molecule has 1 aromatic heterocycles. The van der Waals surface area contributed by atoms with Gasteiger partial charge >= 0.3 is 5.97 Å². The van der Waals surface area contributed by atoms with Crippen LogP contribution < -0.4 is 14.8 Å². The Hall–Kier alpha value is -2.92. The maximum absolute atomic E-state index is 13.1. The molecular formula is C22H32N4O6S. The number of ether oxygens (including phenoxy) is 1. The van der Waals surface area contributed by atoms with Crippen LogP contribution >= 0.6 is 0 Å². The fraction of sp³-hybridized carbons (Fsp3) is 0.500. The van der Waals surface area contributed by atoms with Gasteiger partial charge in [0.1, 0.15) is 10.6 Å². The van der Waals surface area contributed by atoms with E-state index in [1.807, 2.05) is 6.92 Å². The largest absolute Gasteiger partial charge is 0.476 e. The van der Waals surface area contributed by atoms with E-state index in [1.165, 1.54) is 22.9 Å². The van der Waals surface area contributed by atoms with E-state index < -0.39 is 16.0 Å². The molecule has 2 rings (SSSR count). The van der Waals surface area contributed by atoms with Crippen molar-refractivity contribution in [3.05, 3.63) is 29.5 Å². The number of carboxylic acid groups (broad SMARTS) is 1. The number of amides is 1. The van der Waals surface area contributed by atoms with Gasteiger partial charge in [0.05, 0.1) is 6.04 Å². The second kappa shape index (κ2) is 10.3. The quantitative estimate of drug-likeness (QED) is 0.468. The first-order chi connectivity index (χ1) is 15.3. The lowest BCUT2D eigenvalue weighted by Crippen LogP contribution is -2.30. The van der Waals surface area contributed by atoms with Gasteiger partial charge in [-0.05, 0) is 59.2 Å². The highest BCUT2D eigenvalue weighted by molar-refractivity contribution is 7.89. The minimum absolute atomic E-state index is 0.0217. The van der Waals surface area contributed by atoms with Crippen LogP contribution in [0.3, 0.4) is 0 Å². The van der Waals surface area contributed by atoms with Crippen LogP contribution in [0.25, 0.3) is 0 Å². The van der Waals surface area contributed by atoms with Gasteiger partial charge in [-0.3, -0.25) is 4.79 Å². The van der Waals surface area contributed by atoms with Gasteiger partial charge in [0, 0.05) is 23.2 Å². The molecule has 0 bridgehead atoms. The Morgan fingerprint density at radius 1 is 1.18 bits per heavy atom. The van der Waals surface area contributed by atoms with Gasteiger partial charge in [-0.25, -0.2) is 22.6 Å². The molecule has 11 heteroatoms. The first-order valence-electron chi connectivity index (χ1n) is 10.8. The summed E-state index contributed by atoms with van der Waals surface area (Å²) in [6.07, 6.45) is 0.636. The molecule has 0 saturated heterocycles. The second-order valence-electron chi connectivity index (χ2n) is 8.46. The summed E-state index contributed by atoms with van der Waals surface area (Å²) in [6, 6.07) is 3.66. The number of benzene rings is 1. The molecule has 182 valence electrons. The average Bonchev–Trinajstić information content (AvgIpc) is 3.04. The molecule has 3 N–H and O–H groups in total. The number of hydrogen-bond acceptors (Lipinski definition) is 6. The molecule has 0 radical (unpaired) electrons. The number of rotatable bonds is 10. The zero-order chi connectivity index (χ0) is 25.1. The maximum atomic E-state index is 13.1. The molecule has 1 atom stereocenters. The van der Waals surface area contributed by atoms with Crippen molar-refractivity contribution in [3.8, 4) is 11.6 Å². The number of carbonyl (C=O) groups is 2. The fourth-order valence-electron chi connectivity index (χ4n) is 2.99. The van der Waals surface area contributed by atoms with E-state index in [0.29, 0.717) is 12.1 Å². The number of sulfonamides is 1. The van der Waals surface area contributed by atoms with Gasteiger partial charge < -0.3 is 15.2 Å². The zero-order valence-electron chi connectivity index (χ0n) is 20.0. The van der Waals surface area contributed by atoms with Gasteiger partial charge in [-0.15, -0.1) is 0 Å². The van der Waals surface area contributed by atoms with Gasteiger partial charge in [0.15, 0.2) is 5.69 Å². The number of aromatic nitrogens is 2. The standard InChI is InChI=1S/C22H32N4O6S/c1-8-14(6)20(27)23-16-9-10-17(18(11-16)33(30,31)25-12(2)3)32-21-15(7)19(22(28)29)24-26(21)13(4)5/h9-14,25H,8H2,1-7H3,(H,23,27)(H,28,29)/t14-/m1/s1. The minimum Gasteiger partial charge on any atom is -0.476 e. The first-order valence-corrected chi connectivity index (χ1v) is 12.2. The molecule has 0 unspecified atom stereocenters. The molecule has 0 spiro atoms. The summed E-state index contributed by atoms with van der Waals surface area (Å²) < 4.78 is 36.0. The third-order valence-corrected chi connectivity index (χ3v) is 6.62. The molecule has 10 nitrogen and oxygen atoms in total. The fourth-order valence-corrected chi connectivity index (χ4v) is 4.39. The Bertz CT molecular complexity index is 1140. The molecule has 1 amide bonds. The topological polar surface area (TPSA) is 140 Å². The monoisotopic (exact) mass is 480 g/mol. The van der Waals surface area contributed by atoms with Crippen LogP contribution in [0, 0.1) is 12.8 Å². The number of nitrogens with zero attached hydrogens (tertiary/aromatic N) is 2. The smallest absolute Gasteiger partial charge is 0.356 e. The van der Waals surface area contributed by atoms with Crippen LogP contribution in [0.5, 0.6) is 11.6 Å². The third-order valence-electron chi connectivity index (χ3n) is 4.94. The van der Waals surface area contributed by atoms with E-state index in [2.05, 4.69) is 15.1 Å². The molecular weight excluding hydrogens is 448 g/mol. The van der Waals surface area contributed by atoms with Crippen molar-refractivity contribution in [2.45, 2.75) is 71.9 Å². The highest BCUT2D eigenvalue weighted by atomic mass is 32.2. The van der Waals surface area contributed by atoms with Crippen LogP contribution in [0.1, 0.15) is 70.1 Å². The van der Waals surface area contributed by atoms with Gasteiger partial charge in [0.25, 0.3) is 0 Å². The van der Waals surface area contributed by atoms with Gasteiger partial charge in [-0.1, -0.05) is 13.8 Å². The molecule has 0 fully saturated rings. The molecule has 0 aliphatic carbocycles. The van der Waals surface area contributed by atoms with Crippen molar-refractivity contribution in [1.29, 1.82) is 0 Å². The van der Waals surface area contributed by atoms with E-state index >= 15 is 0 Å². The normalized spacial score (nSPS) is 12.8. The predicted molar refractivity (Wildman–Crippen MR) is 124 cm³/mol. The maximum Gasteiger partial charge on any atom is 0.356 e. The van der Waals surface area contributed by atoms with Crippen molar-refractivity contribution in [2.75, 3.05) is 5.32 Å². The lowest BCUT2D eigenvalue weighted by molar-refractivity contribution is -0.119. The van der Waals surface area contributed by atoms with Crippen LogP contribution in [0.15, 0.2) is 23.1 Å². The zero-order valence-corrected chi connectivity index (χ0v) is 20.8. The molecule has 33 heavy (non-hydrogen) atoms. The second-order valence-corrected chi connectivity index (χ2v) is 10.1. The highest BCUT2D eigenvalue weighted by Crippen LogP contribution is 2.35. The van der Waals surface area contributed by atoms with Crippen molar-refractivity contribution in [1.82, 2.24) is 14.5 Å². The van der Waals surface area contributed by atoms with E-state index in [4.69, 9.17) is 4.74 Å². The Morgan fingerprint density at radius 3 is 2.33 bits per heavy atom. The lowest BCUT2D eigenvalue weighted by atomic mass is 10.1. The summed E-state index contributed by atoms with van der Waals surface area (Å²) in [6.45, 7) is 12.2. The van der Waals surface area contributed by atoms with Crippen molar-refractivity contribution >= 4 is 27.6 Å². The number of carbonyl (C=O) groups excluding carboxylic acids is 1. The summed E-state index contributed by atoms with van der Waals surface area (Å²) in [5.41, 5.74) is 0.392. The van der Waals surface area contributed by atoms with Gasteiger partial charge in [0.2, 0.25) is 21.8 Å². The summed E-state index contributed by atoms with van der Waals surface area (Å²) in [7, 11) is -4.02. The average molecular weight is 481 g/mol. The number of hydrogen-bond donors (Lipinski definition) is 3. The van der Waals surface area contributed by atoms with Gasteiger partial charge in [-0.2, -0.15) is 5.10 Å². The lowest BCUT2D eigenvalue weighted by Gasteiger charge is -2.18. The predicted octanol–water partition coefficient (Wildman–Crippen LogP) is 3.93. The first kappa shape index (κ1) is 26.3. The molecule has 0 aliphatic rings. The number of aromatic carboxylic acids is 1. The highest BCUT2D eigenvalue weighted by Gasteiger charge is 2.27. The van der Waals surface area contributed by atoms with Crippen molar-refractivity contribution < 1.29 is 27.9 Å². The Kier molecular flexibility index (Phi) is 8.25. The van der Waals surface area contributed by atoms with E-state index in [9.17, 15) is 23.1 Å². The van der Waals surface area contributed by atoms with Crippen molar-refractivity contribution in [2.24, 2.45) is 5.92 Å². The van der Waals surface area contributed by atoms with E-state index in [-0.39, 0.29) is 51.7 Å². The Morgan fingerprint density at radius 2 is 1.82 bits per heavy atom. The van der Waals surface area contributed by atoms with Crippen molar-refractivity contribution in [3.63, 3.8) is 0 Å². The van der Waals surface area contributed by atoms with Crippen LogP contribution in [0.4, 0.5) is 5.69 Å². The molecule has 2 aromatic rings. The molecule has 1 aromatic carbocycles. The van der Waals surface area contributed by atoms with Crippen LogP contribution in [-0.4, -0.2) is 41.2 Å². The SMILES string of the molecule is CC[C@@H](C)C(=O)Nc1ccc(Oc2c(C)c(C(=O)O)nn2C(C)C)c(S(=O)(=O)NC(C)C)c1. The summed E-state index contributed by atoms with van der Waals surface area (Å²) >= 11 is 0. The van der Waals surface area contributed by atoms with Crippen LogP contribution in [0.2, 0.25) is 0 Å². The summed E-state index contributed by atoms with van der Waals surface area (Å²) in [4.78, 5) is 23.7.